The van der Waals surface area contributed by atoms with Crippen LogP contribution in [0.15, 0.2) is 0 Å². The maximum atomic E-state index is 8.87. The van der Waals surface area contributed by atoms with Gasteiger partial charge in [0.1, 0.15) is 0 Å². The van der Waals surface area contributed by atoms with Crippen LogP contribution in [0.4, 0.5) is 0 Å². The van der Waals surface area contributed by atoms with Crippen molar-refractivity contribution in [2.24, 2.45) is 11.8 Å². The van der Waals surface area contributed by atoms with E-state index in [-0.39, 0.29) is 6.10 Å². The molecule has 1 saturated carbocycles. The first-order valence-corrected chi connectivity index (χ1v) is 3.38. The lowest BCUT2D eigenvalue weighted by molar-refractivity contribution is 0.0218. The molecule has 0 heterocycles. The third-order valence-electron chi connectivity index (χ3n) is 2.09. The van der Waals surface area contributed by atoms with Crippen LogP contribution in [0.3, 0.4) is 0 Å². The second-order valence-electron chi connectivity index (χ2n) is 3.13. The molecule has 8 heavy (non-hydrogen) atoms. The molecule has 1 fully saturated rings. The van der Waals surface area contributed by atoms with Crippen molar-refractivity contribution in [3.05, 3.63) is 0 Å². The summed E-state index contributed by atoms with van der Waals surface area (Å²) in [5.41, 5.74) is 0. The zero-order valence-electron chi connectivity index (χ0n) is 5.59. The summed E-state index contributed by atoms with van der Waals surface area (Å²) in [6.45, 7) is 4.44. The highest BCUT2D eigenvalue weighted by molar-refractivity contribution is 4.80. The van der Waals surface area contributed by atoms with E-state index < -0.39 is 0 Å². The molecule has 0 bridgehead atoms. The fraction of sp³-hybridized carbons (Fsp3) is 1.00. The highest BCUT2D eigenvalue weighted by atomic mass is 16.3. The van der Waals surface area contributed by atoms with Gasteiger partial charge in [-0.05, 0) is 24.7 Å². The zero-order valence-corrected chi connectivity index (χ0v) is 5.59. The molecule has 1 nitrogen and oxygen atoms in total. The van der Waals surface area contributed by atoms with Crippen LogP contribution in [0.2, 0.25) is 0 Å². The van der Waals surface area contributed by atoms with Crippen LogP contribution in [0.5, 0.6) is 0 Å². The van der Waals surface area contributed by atoms with E-state index in [2.05, 4.69) is 13.8 Å². The van der Waals surface area contributed by atoms with E-state index in [1.54, 1.807) is 0 Å². The molecule has 1 aliphatic rings. The van der Waals surface area contributed by atoms with Gasteiger partial charge in [0.15, 0.2) is 0 Å². The molecule has 48 valence electrons. The number of aliphatic hydroxyl groups is 1. The maximum Gasteiger partial charge on any atom is 0.0545 e. The highest BCUT2D eigenvalue weighted by Crippen LogP contribution is 2.32. The van der Waals surface area contributed by atoms with Crippen molar-refractivity contribution < 1.29 is 5.11 Å². The monoisotopic (exact) mass is 114 g/mol. The van der Waals surface area contributed by atoms with Crippen molar-refractivity contribution in [1.82, 2.24) is 0 Å². The van der Waals surface area contributed by atoms with E-state index in [1.807, 2.05) is 0 Å². The standard InChI is InChI=1S/C7H14O/c1-5(2)6-3-7(8)4-6/h5-8H,3-4H2,1-2H3. The minimum atomic E-state index is 0.0300. The fourth-order valence-electron chi connectivity index (χ4n) is 1.17. The first-order chi connectivity index (χ1) is 3.70. The molecular formula is C7H14O. The first-order valence-electron chi connectivity index (χ1n) is 3.38. The number of rotatable bonds is 1. The number of hydrogen-bond donors (Lipinski definition) is 1. The molecule has 1 rings (SSSR count). The lowest BCUT2D eigenvalue weighted by Crippen LogP contribution is -2.31. The van der Waals surface area contributed by atoms with Gasteiger partial charge in [-0.3, -0.25) is 0 Å². The Hall–Kier alpha value is -0.0400. The van der Waals surface area contributed by atoms with Crippen LogP contribution in [0, 0.1) is 11.8 Å². The summed E-state index contributed by atoms with van der Waals surface area (Å²) in [6, 6.07) is 0. The van der Waals surface area contributed by atoms with Crippen LogP contribution < -0.4 is 0 Å². The van der Waals surface area contributed by atoms with Gasteiger partial charge >= 0.3 is 0 Å². The van der Waals surface area contributed by atoms with Crippen LogP contribution in [0.25, 0.3) is 0 Å². The average molecular weight is 114 g/mol. The summed E-state index contributed by atoms with van der Waals surface area (Å²) in [6.07, 6.45) is 2.11. The highest BCUT2D eigenvalue weighted by Gasteiger charge is 2.28. The fourth-order valence-corrected chi connectivity index (χ4v) is 1.17. The molecule has 0 aromatic rings. The van der Waals surface area contributed by atoms with Gasteiger partial charge in [0.05, 0.1) is 6.10 Å². The minimum Gasteiger partial charge on any atom is -0.393 e. The quantitative estimate of drug-likeness (QED) is 0.546. The Bertz CT molecular complexity index is 72.5. The number of aliphatic hydroxyl groups excluding tert-OH is 1. The van der Waals surface area contributed by atoms with Crippen molar-refractivity contribution >= 4 is 0 Å². The Morgan fingerprint density at radius 3 is 2.00 bits per heavy atom. The average Bonchev–Trinajstić information content (AvgIpc) is 1.57. The smallest absolute Gasteiger partial charge is 0.0545 e. The van der Waals surface area contributed by atoms with Gasteiger partial charge < -0.3 is 5.11 Å². The van der Waals surface area contributed by atoms with Crippen LogP contribution >= 0.6 is 0 Å². The van der Waals surface area contributed by atoms with Crippen molar-refractivity contribution in [3.63, 3.8) is 0 Å². The Labute approximate surface area is 50.7 Å². The van der Waals surface area contributed by atoms with E-state index >= 15 is 0 Å². The van der Waals surface area contributed by atoms with Crippen molar-refractivity contribution in [2.75, 3.05) is 0 Å². The maximum absolute atomic E-state index is 8.87. The molecule has 0 spiro atoms. The molecule has 1 N–H and O–H groups in total. The van der Waals surface area contributed by atoms with Gasteiger partial charge in [-0.25, -0.2) is 0 Å². The SMILES string of the molecule is CC(C)C1CC(O)C1. The summed E-state index contributed by atoms with van der Waals surface area (Å²) in [5, 5.41) is 8.87. The normalized spacial score (nSPS) is 37.5. The Morgan fingerprint density at radius 2 is 1.88 bits per heavy atom. The molecule has 1 aliphatic carbocycles. The lowest BCUT2D eigenvalue weighted by atomic mass is 9.75. The van der Waals surface area contributed by atoms with E-state index in [4.69, 9.17) is 5.11 Å². The molecule has 0 unspecified atom stereocenters. The van der Waals surface area contributed by atoms with Gasteiger partial charge in [-0.2, -0.15) is 0 Å². The molecule has 0 atom stereocenters. The van der Waals surface area contributed by atoms with Crippen LogP contribution in [-0.2, 0) is 0 Å². The molecule has 0 aromatic heterocycles. The van der Waals surface area contributed by atoms with E-state index in [9.17, 15) is 0 Å². The first kappa shape index (κ1) is 6.09. The zero-order chi connectivity index (χ0) is 6.15. The summed E-state index contributed by atoms with van der Waals surface area (Å²) in [4.78, 5) is 0. The third-order valence-corrected chi connectivity index (χ3v) is 2.09. The van der Waals surface area contributed by atoms with Gasteiger partial charge in [0, 0.05) is 0 Å². The van der Waals surface area contributed by atoms with Gasteiger partial charge in [0.2, 0.25) is 0 Å². The molecule has 0 aromatic carbocycles. The van der Waals surface area contributed by atoms with Gasteiger partial charge in [0.25, 0.3) is 0 Å². The molecular weight excluding hydrogens is 100 g/mol. The van der Waals surface area contributed by atoms with E-state index in [0.29, 0.717) is 0 Å². The van der Waals surface area contributed by atoms with Crippen LogP contribution in [-0.4, -0.2) is 11.2 Å². The summed E-state index contributed by atoms with van der Waals surface area (Å²) >= 11 is 0. The molecule has 0 aliphatic heterocycles. The van der Waals surface area contributed by atoms with Crippen molar-refractivity contribution in [2.45, 2.75) is 32.8 Å². The number of hydrogen-bond acceptors (Lipinski definition) is 1. The van der Waals surface area contributed by atoms with Crippen molar-refractivity contribution in [3.8, 4) is 0 Å². The molecule has 0 amide bonds. The summed E-state index contributed by atoms with van der Waals surface area (Å²) < 4.78 is 0. The second-order valence-corrected chi connectivity index (χ2v) is 3.13. The van der Waals surface area contributed by atoms with Crippen molar-refractivity contribution in [1.29, 1.82) is 0 Å². The lowest BCUT2D eigenvalue weighted by Gasteiger charge is -2.34. The van der Waals surface area contributed by atoms with Crippen LogP contribution in [0.1, 0.15) is 26.7 Å². The Balaban J connectivity index is 2.15. The summed E-state index contributed by atoms with van der Waals surface area (Å²) in [7, 11) is 0. The largest absolute Gasteiger partial charge is 0.393 e. The summed E-state index contributed by atoms with van der Waals surface area (Å²) in [5.74, 6) is 1.59. The Kier molecular flexibility index (Phi) is 1.57. The minimum absolute atomic E-state index is 0.0300. The molecule has 1 heteroatoms. The Morgan fingerprint density at radius 1 is 1.38 bits per heavy atom. The predicted octanol–water partition coefficient (Wildman–Crippen LogP) is 1.41. The topological polar surface area (TPSA) is 20.2 Å². The molecule has 0 radical (unpaired) electrons. The van der Waals surface area contributed by atoms with E-state index in [1.165, 1.54) is 0 Å². The van der Waals surface area contributed by atoms with E-state index in [0.717, 1.165) is 24.7 Å². The van der Waals surface area contributed by atoms with Gasteiger partial charge in [-0.15, -0.1) is 0 Å². The predicted molar refractivity (Wildman–Crippen MR) is 33.6 cm³/mol. The third kappa shape index (κ3) is 1.03. The molecule has 0 saturated heterocycles. The second kappa shape index (κ2) is 2.06. The van der Waals surface area contributed by atoms with Gasteiger partial charge in [-0.1, -0.05) is 13.8 Å².